The molecule has 0 aliphatic rings. The zero-order chi connectivity index (χ0) is 24.4. The fourth-order valence-electron chi connectivity index (χ4n) is 1.93. The van der Waals surface area contributed by atoms with Crippen LogP contribution in [0.2, 0.25) is 71.5 Å². The molecule has 0 aliphatic carbocycles. The fourth-order valence-corrected chi connectivity index (χ4v) is 17.3. The Bertz CT molecular complexity index is 361. The van der Waals surface area contributed by atoms with Gasteiger partial charge in [-0.05, 0) is 77.9 Å². The zero-order valence-corrected chi connectivity index (χ0v) is 32.6. The molecule has 2 N–H and O–H groups in total. The SMILES string of the molecule is C=CCO.C[SiH](C)O[Si](O[SiH](C)C)(O[SiH](C)C)O[SiH](C)C.C[Si](C)(CCCO)O[SiH3].[Pt]. The van der Waals surface area contributed by atoms with Crippen LogP contribution >= 0.6 is 0 Å². The van der Waals surface area contributed by atoms with Crippen LogP contribution in [0.3, 0.4) is 0 Å². The average Bonchev–Trinajstić information content (AvgIpc) is 2.58. The van der Waals surface area contributed by atoms with E-state index in [-0.39, 0.29) is 27.7 Å². The van der Waals surface area contributed by atoms with Gasteiger partial charge in [-0.2, -0.15) is 0 Å². The van der Waals surface area contributed by atoms with Gasteiger partial charge in [-0.3, -0.25) is 0 Å². The van der Waals surface area contributed by atoms with Gasteiger partial charge in [0.15, 0.2) is 44.5 Å². The molecule has 0 aromatic heterocycles. The van der Waals surface area contributed by atoms with Crippen LogP contribution in [0, 0.1) is 0 Å². The van der Waals surface area contributed by atoms with E-state index in [1.54, 1.807) is 0 Å². The normalized spacial score (nSPS) is 11.7. The van der Waals surface area contributed by atoms with Gasteiger partial charge in [-0.15, -0.1) is 6.58 Å². The van der Waals surface area contributed by atoms with Crippen molar-refractivity contribution >= 4 is 64.0 Å². The maximum Gasteiger partial charge on any atom is 0.636 e. The molecule has 0 fully saturated rings. The summed E-state index contributed by atoms with van der Waals surface area (Å²) in [5.74, 6) is 0. The minimum Gasteiger partial charge on any atom is -0.463 e. The molecule has 0 aromatic rings. The molecule has 0 aromatic carbocycles. The standard InChI is InChI=1S/C8H28O4Si5.C5H16O2Si2.C3H6O.Pt/c1-13(2)9-17(10-14(3)4,11-15(5)6)12-16(7)8;1-9(2,7-8)5-3-4-6;1-2-3-4;/h13-16H,1-8H3;6H,3-5H2,1-2,8H3;2,4H,1,3H2;. The summed E-state index contributed by atoms with van der Waals surface area (Å²) in [4.78, 5) is 0. The molecule has 0 saturated carbocycles. The molecule has 0 atom stereocenters. The summed E-state index contributed by atoms with van der Waals surface area (Å²) in [7, 11) is -8.13. The van der Waals surface area contributed by atoms with Gasteiger partial charge in [-0.1, -0.05) is 6.08 Å². The van der Waals surface area contributed by atoms with E-state index in [1.165, 1.54) is 6.08 Å². The van der Waals surface area contributed by atoms with E-state index in [2.05, 4.69) is 72.0 Å². The van der Waals surface area contributed by atoms with Crippen molar-refractivity contribution in [2.45, 2.75) is 77.9 Å². The number of hydrogen-bond acceptors (Lipinski definition) is 7. The van der Waals surface area contributed by atoms with Crippen LogP contribution < -0.4 is 0 Å². The Morgan fingerprint density at radius 1 is 0.806 bits per heavy atom. The van der Waals surface area contributed by atoms with Crippen LogP contribution in [0.25, 0.3) is 0 Å². The van der Waals surface area contributed by atoms with Crippen molar-refractivity contribution in [1.29, 1.82) is 0 Å². The second-order valence-electron chi connectivity index (χ2n) is 8.43. The molecule has 0 aliphatic heterocycles. The molecule has 31 heavy (non-hydrogen) atoms. The molecule has 15 heteroatoms. The van der Waals surface area contributed by atoms with Crippen LogP contribution in [0.5, 0.6) is 0 Å². The van der Waals surface area contributed by atoms with E-state index in [4.69, 9.17) is 30.8 Å². The maximum atomic E-state index is 8.50. The summed E-state index contributed by atoms with van der Waals surface area (Å²) >= 11 is 0. The Kier molecular flexibility index (Phi) is 30.1. The summed E-state index contributed by atoms with van der Waals surface area (Å²) in [6, 6.07) is 1.09. The summed E-state index contributed by atoms with van der Waals surface area (Å²) in [5.41, 5.74) is 0. The van der Waals surface area contributed by atoms with E-state index in [0.29, 0.717) is 6.61 Å². The monoisotopic (exact) mass is 745 g/mol. The number of hydrogen-bond donors (Lipinski definition) is 2. The van der Waals surface area contributed by atoms with Gasteiger partial charge in [0, 0.05) is 27.7 Å². The molecule has 0 saturated heterocycles. The number of aliphatic hydroxyl groups excluding tert-OH is 2. The second-order valence-corrected chi connectivity index (χ2v) is 27.2. The Labute approximate surface area is 218 Å². The first kappa shape index (κ1) is 39.9. The fraction of sp³-hybridized carbons (Fsp3) is 0.875. The molecule has 0 amide bonds. The topological polar surface area (TPSA) is 86.6 Å². The Morgan fingerprint density at radius 3 is 1.26 bits per heavy atom. The molecule has 0 radical (unpaired) electrons. The summed E-state index contributed by atoms with van der Waals surface area (Å²) in [6.07, 6.45) is 2.33. The van der Waals surface area contributed by atoms with E-state index in [0.717, 1.165) is 23.0 Å². The summed E-state index contributed by atoms with van der Waals surface area (Å²) in [6.45, 7) is 25.1. The largest absolute Gasteiger partial charge is 0.636 e. The van der Waals surface area contributed by atoms with Crippen LogP contribution in [-0.4, -0.2) is 87.4 Å². The van der Waals surface area contributed by atoms with Crippen LogP contribution in [0.4, 0.5) is 0 Å². The third kappa shape index (κ3) is 29.6. The van der Waals surface area contributed by atoms with Crippen molar-refractivity contribution in [3.05, 3.63) is 12.7 Å². The van der Waals surface area contributed by atoms with Crippen LogP contribution in [-0.2, 0) is 41.6 Å². The number of rotatable bonds is 13. The van der Waals surface area contributed by atoms with E-state index in [1.807, 2.05) is 0 Å². The van der Waals surface area contributed by atoms with E-state index < -0.39 is 53.5 Å². The molecule has 0 heterocycles. The van der Waals surface area contributed by atoms with Gasteiger partial charge in [0.25, 0.3) is 0 Å². The zero-order valence-electron chi connectivity index (χ0n) is 21.7. The first-order chi connectivity index (χ1) is 13.7. The molecular weight excluding hydrogens is 696 g/mol. The van der Waals surface area contributed by atoms with Crippen LogP contribution in [0.1, 0.15) is 6.42 Å². The Morgan fingerprint density at radius 2 is 1.10 bits per heavy atom. The molecule has 0 unspecified atom stereocenters. The van der Waals surface area contributed by atoms with Gasteiger partial charge in [0.1, 0.15) is 10.5 Å². The Balaban J connectivity index is -0.000000218. The molecule has 0 rings (SSSR count). The van der Waals surface area contributed by atoms with Gasteiger partial charge in [0.2, 0.25) is 0 Å². The van der Waals surface area contributed by atoms with Crippen molar-refractivity contribution in [2.75, 3.05) is 13.2 Å². The van der Waals surface area contributed by atoms with Crippen molar-refractivity contribution in [1.82, 2.24) is 0 Å². The summed E-state index contributed by atoms with van der Waals surface area (Å²) in [5, 5.41) is 16.3. The first-order valence-electron chi connectivity index (χ1n) is 10.8. The van der Waals surface area contributed by atoms with E-state index >= 15 is 0 Å². The smallest absolute Gasteiger partial charge is 0.463 e. The molecule has 0 bridgehead atoms. The third-order valence-corrected chi connectivity index (χ3v) is 21.3. The maximum absolute atomic E-state index is 8.50. The molecule has 0 spiro atoms. The quantitative estimate of drug-likeness (QED) is 0.218. The average molecular weight is 746 g/mol. The third-order valence-electron chi connectivity index (χ3n) is 3.14. The van der Waals surface area contributed by atoms with Gasteiger partial charge >= 0.3 is 9.05 Å². The van der Waals surface area contributed by atoms with Crippen molar-refractivity contribution in [3.63, 3.8) is 0 Å². The minimum absolute atomic E-state index is 0. The summed E-state index contributed by atoms with van der Waals surface area (Å²) < 4.78 is 29.7. The Hall–Kier alpha value is 1.67. The van der Waals surface area contributed by atoms with E-state index in [9.17, 15) is 0 Å². The first-order valence-corrected chi connectivity index (χ1v) is 27.5. The van der Waals surface area contributed by atoms with Gasteiger partial charge < -0.3 is 30.8 Å². The van der Waals surface area contributed by atoms with Gasteiger partial charge in [0.05, 0.1) is 6.61 Å². The van der Waals surface area contributed by atoms with Crippen LogP contribution in [0.15, 0.2) is 12.7 Å². The number of aliphatic hydroxyl groups is 2. The molecular formula is C16H50O7PtSi7. The molecule has 7 nitrogen and oxygen atoms in total. The predicted molar refractivity (Wildman–Crippen MR) is 148 cm³/mol. The van der Waals surface area contributed by atoms with Gasteiger partial charge in [-0.25, -0.2) is 0 Å². The second kappa shape index (κ2) is 23.4. The predicted octanol–water partition coefficient (Wildman–Crippen LogP) is 1.46. The van der Waals surface area contributed by atoms with Crippen molar-refractivity contribution in [3.8, 4) is 0 Å². The van der Waals surface area contributed by atoms with Crippen molar-refractivity contribution < 1.29 is 51.9 Å². The minimum atomic E-state index is -2.80. The van der Waals surface area contributed by atoms with Crippen molar-refractivity contribution in [2.24, 2.45) is 0 Å². The molecule has 194 valence electrons.